The van der Waals surface area contributed by atoms with Crippen LogP contribution in [0.4, 0.5) is 10.5 Å². The van der Waals surface area contributed by atoms with Crippen molar-refractivity contribution in [1.82, 2.24) is 15.1 Å². The standard InChI is InChI=1S/C37H44Cl2N4O6/c38-30-15-14-26(22-31(30)39)16-19-42(37(47)49-24-27-8-3-1-4-9-27)20-17-35(46)43(28-10-5-2-6-11-28)21-18-40-23-33(44)29-12-7-13-32-36(29)48-25-34(45)41-32/h1,3-4,7-9,12-15,22,28,33,40,44H,2,5-6,10-11,16-21,23-25H2,(H,41,45)/t33-/m1/s1. The van der Waals surface area contributed by atoms with Crippen LogP contribution in [0.3, 0.4) is 0 Å². The first kappa shape index (κ1) is 36.5. The molecule has 49 heavy (non-hydrogen) atoms. The molecule has 12 heteroatoms. The summed E-state index contributed by atoms with van der Waals surface area (Å²) in [6, 6.07) is 20.3. The fourth-order valence-corrected chi connectivity index (χ4v) is 6.61. The zero-order valence-corrected chi connectivity index (χ0v) is 29.1. The van der Waals surface area contributed by atoms with Crippen LogP contribution in [0, 0.1) is 0 Å². The average Bonchev–Trinajstić information content (AvgIpc) is 3.12. The molecule has 0 bridgehead atoms. The number of carbonyl (C=O) groups excluding carboxylic acids is 3. The van der Waals surface area contributed by atoms with Crippen LogP contribution in [0.5, 0.6) is 5.75 Å². The molecule has 3 N–H and O–H groups in total. The first-order valence-electron chi connectivity index (χ1n) is 16.9. The van der Waals surface area contributed by atoms with E-state index >= 15 is 0 Å². The third kappa shape index (κ3) is 10.6. The summed E-state index contributed by atoms with van der Waals surface area (Å²) in [5.74, 6) is 0.218. The van der Waals surface area contributed by atoms with Gasteiger partial charge in [-0.05, 0) is 48.6 Å². The number of fused-ring (bicyclic) bond motifs is 1. The third-order valence-corrected chi connectivity index (χ3v) is 9.68. The van der Waals surface area contributed by atoms with Gasteiger partial charge in [0.1, 0.15) is 12.4 Å². The number of halogens is 2. The average molecular weight is 712 g/mol. The monoisotopic (exact) mass is 710 g/mol. The minimum absolute atomic E-state index is 0.0223. The molecule has 0 saturated heterocycles. The number of amides is 3. The molecule has 5 rings (SSSR count). The molecule has 1 aliphatic heterocycles. The normalized spacial score (nSPS) is 15.0. The van der Waals surface area contributed by atoms with Gasteiger partial charge in [-0.2, -0.15) is 0 Å². The lowest BCUT2D eigenvalue weighted by Gasteiger charge is -2.35. The van der Waals surface area contributed by atoms with Gasteiger partial charge >= 0.3 is 6.09 Å². The number of benzene rings is 3. The van der Waals surface area contributed by atoms with Crippen LogP contribution < -0.4 is 15.4 Å². The molecule has 1 atom stereocenters. The van der Waals surface area contributed by atoms with Gasteiger partial charge in [0.2, 0.25) is 5.91 Å². The van der Waals surface area contributed by atoms with Crippen molar-refractivity contribution in [1.29, 1.82) is 0 Å². The number of nitrogens with one attached hydrogen (secondary N) is 2. The van der Waals surface area contributed by atoms with E-state index in [-0.39, 0.29) is 50.6 Å². The first-order valence-corrected chi connectivity index (χ1v) is 17.7. The summed E-state index contributed by atoms with van der Waals surface area (Å²) < 4.78 is 11.3. The van der Waals surface area contributed by atoms with E-state index in [1.54, 1.807) is 35.2 Å². The molecule has 0 radical (unpaired) electrons. The van der Waals surface area contributed by atoms with Crippen molar-refractivity contribution in [3.63, 3.8) is 0 Å². The summed E-state index contributed by atoms with van der Waals surface area (Å²) >= 11 is 12.3. The fourth-order valence-electron chi connectivity index (χ4n) is 6.29. The number of aliphatic hydroxyl groups excluding tert-OH is 1. The number of rotatable bonds is 15. The summed E-state index contributed by atoms with van der Waals surface area (Å²) in [4.78, 5) is 42.4. The van der Waals surface area contributed by atoms with Gasteiger partial charge in [-0.3, -0.25) is 9.59 Å². The number of carbonyl (C=O) groups is 3. The number of para-hydroxylation sites is 1. The van der Waals surface area contributed by atoms with E-state index < -0.39 is 12.2 Å². The topological polar surface area (TPSA) is 120 Å². The lowest BCUT2D eigenvalue weighted by molar-refractivity contribution is -0.134. The number of hydrogen-bond donors (Lipinski definition) is 3. The van der Waals surface area contributed by atoms with Crippen molar-refractivity contribution >= 4 is 46.8 Å². The molecule has 3 amide bonds. The van der Waals surface area contributed by atoms with Gasteiger partial charge in [0, 0.05) is 50.7 Å². The van der Waals surface area contributed by atoms with Gasteiger partial charge < -0.3 is 35.0 Å². The van der Waals surface area contributed by atoms with Gasteiger partial charge in [-0.15, -0.1) is 0 Å². The van der Waals surface area contributed by atoms with Crippen molar-refractivity contribution in [2.45, 2.75) is 63.7 Å². The van der Waals surface area contributed by atoms with Crippen LogP contribution in [0.1, 0.15) is 61.3 Å². The number of nitrogens with zero attached hydrogens (tertiary/aromatic N) is 2. The molecule has 0 unspecified atom stereocenters. The highest BCUT2D eigenvalue weighted by Crippen LogP contribution is 2.35. The Morgan fingerprint density at radius 1 is 0.959 bits per heavy atom. The van der Waals surface area contributed by atoms with E-state index in [1.165, 1.54) is 0 Å². The smallest absolute Gasteiger partial charge is 0.410 e. The molecule has 10 nitrogen and oxygen atoms in total. The highest BCUT2D eigenvalue weighted by molar-refractivity contribution is 6.42. The van der Waals surface area contributed by atoms with Gasteiger partial charge in [0.15, 0.2) is 6.61 Å². The molecular formula is C37H44Cl2N4O6. The van der Waals surface area contributed by atoms with Crippen molar-refractivity contribution in [2.24, 2.45) is 0 Å². The lowest BCUT2D eigenvalue weighted by atomic mass is 9.94. The Balaban J connectivity index is 1.19. The van der Waals surface area contributed by atoms with Crippen molar-refractivity contribution in [2.75, 3.05) is 44.6 Å². The van der Waals surface area contributed by atoms with Crippen LogP contribution in [0.15, 0.2) is 66.7 Å². The van der Waals surface area contributed by atoms with E-state index in [0.29, 0.717) is 53.1 Å². The maximum Gasteiger partial charge on any atom is 0.410 e. The molecule has 2 aliphatic rings. The second kappa shape index (κ2) is 18.2. The van der Waals surface area contributed by atoms with Crippen LogP contribution in [-0.4, -0.2) is 78.2 Å². The van der Waals surface area contributed by atoms with Gasteiger partial charge in [0.25, 0.3) is 5.91 Å². The number of ether oxygens (including phenoxy) is 2. The Kier molecular flexibility index (Phi) is 13.6. The quantitative estimate of drug-likeness (QED) is 0.157. The second-order valence-electron chi connectivity index (χ2n) is 12.4. The molecule has 0 spiro atoms. The maximum absolute atomic E-state index is 13.8. The zero-order chi connectivity index (χ0) is 34.6. The zero-order valence-electron chi connectivity index (χ0n) is 27.5. The maximum atomic E-state index is 13.8. The van der Waals surface area contributed by atoms with E-state index in [9.17, 15) is 19.5 Å². The first-order chi connectivity index (χ1) is 23.8. The Labute approximate surface area is 297 Å². The van der Waals surface area contributed by atoms with Gasteiger partial charge in [-0.1, -0.05) is 91.0 Å². The highest BCUT2D eigenvalue weighted by atomic mass is 35.5. The molecule has 1 heterocycles. The Morgan fingerprint density at radius 3 is 2.53 bits per heavy atom. The third-order valence-electron chi connectivity index (χ3n) is 8.94. The van der Waals surface area contributed by atoms with Crippen LogP contribution in [-0.2, 0) is 27.4 Å². The minimum atomic E-state index is -0.866. The summed E-state index contributed by atoms with van der Waals surface area (Å²) in [6.07, 6.45) is 4.49. The predicted octanol–water partition coefficient (Wildman–Crippen LogP) is 6.38. The van der Waals surface area contributed by atoms with Gasteiger partial charge in [0.05, 0.1) is 21.8 Å². The second-order valence-corrected chi connectivity index (χ2v) is 13.2. The van der Waals surface area contributed by atoms with Crippen molar-refractivity contribution in [3.8, 4) is 5.75 Å². The minimum Gasteiger partial charge on any atom is -0.481 e. The van der Waals surface area contributed by atoms with Crippen LogP contribution in [0.2, 0.25) is 10.0 Å². The Bertz CT molecular complexity index is 1570. The molecular weight excluding hydrogens is 667 g/mol. The van der Waals surface area contributed by atoms with E-state index in [0.717, 1.165) is 43.2 Å². The molecule has 3 aromatic carbocycles. The SMILES string of the molecule is O=C1COc2c(cccc2[C@H](O)CNCCN(C(=O)CCN(CCc2ccc(Cl)c(Cl)c2)C(=O)OCc2ccccc2)C2CCCCC2)N1. The predicted molar refractivity (Wildman–Crippen MR) is 190 cm³/mol. The Hall–Kier alpha value is -3.83. The Morgan fingerprint density at radius 2 is 1.76 bits per heavy atom. The molecule has 1 aliphatic carbocycles. The number of hydrogen-bond acceptors (Lipinski definition) is 7. The van der Waals surface area contributed by atoms with E-state index in [4.69, 9.17) is 32.7 Å². The van der Waals surface area contributed by atoms with Crippen molar-refractivity contribution < 1.29 is 29.0 Å². The molecule has 262 valence electrons. The highest BCUT2D eigenvalue weighted by Gasteiger charge is 2.27. The summed E-state index contributed by atoms with van der Waals surface area (Å²) in [7, 11) is 0. The number of anilines is 1. The van der Waals surface area contributed by atoms with Crippen LogP contribution >= 0.6 is 23.2 Å². The molecule has 1 saturated carbocycles. The summed E-state index contributed by atoms with van der Waals surface area (Å²) in [5, 5.41) is 17.9. The van der Waals surface area contributed by atoms with E-state index in [2.05, 4.69) is 10.6 Å². The van der Waals surface area contributed by atoms with E-state index in [1.807, 2.05) is 41.3 Å². The number of aliphatic hydroxyl groups is 1. The van der Waals surface area contributed by atoms with Gasteiger partial charge in [-0.25, -0.2) is 4.79 Å². The van der Waals surface area contributed by atoms with Crippen molar-refractivity contribution in [3.05, 3.63) is 93.5 Å². The summed E-state index contributed by atoms with van der Waals surface area (Å²) in [6.45, 7) is 1.78. The molecule has 1 fully saturated rings. The molecule has 3 aromatic rings. The fraction of sp³-hybridized carbons (Fsp3) is 0.432. The largest absolute Gasteiger partial charge is 0.481 e. The summed E-state index contributed by atoms with van der Waals surface area (Å²) in [5.41, 5.74) is 2.93. The van der Waals surface area contributed by atoms with Crippen LogP contribution in [0.25, 0.3) is 0 Å². The molecule has 0 aromatic heterocycles. The lowest BCUT2D eigenvalue weighted by Crippen LogP contribution is -2.46.